The summed E-state index contributed by atoms with van der Waals surface area (Å²) in [6.07, 6.45) is 0. The van der Waals surface area contributed by atoms with E-state index in [9.17, 15) is 4.79 Å². The van der Waals surface area contributed by atoms with E-state index < -0.39 is 0 Å². The molecule has 0 spiro atoms. The Hall–Kier alpha value is -2.04. The summed E-state index contributed by atoms with van der Waals surface area (Å²) in [5.74, 6) is 0.615. The van der Waals surface area contributed by atoms with Gasteiger partial charge >= 0.3 is 6.03 Å². The van der Waals surface area contributed by atoms with E-state index in [0.717, 1.165) is 5.52 Å². The minimum absolute atomic E-state index is 0.103. The summed E-state index contributed by atoms with van der Waals surface area (Å²) in [4.78, 5) is 15.7. The molecule has 0 atom stereocenters. The number of aromatic nitrogens is 1. The van der Waals surface area contributed by atoms with Crippen LogP contribution < -0.4 is 10.6 Å². The van der Waals surface area contributed by atoms with Crippen LogP contribution in [0.15, 0.2) is 22.6 Å². The standard InChI is InChI=1S/C12H15N3O2/c1-7(2)13-12(16)15-9-4-5-10-11(6-9)17-8(3)14-10/h4-7H,1-3H3,(H2,13,15,16). The van der Waals surface area contributed by atoms with Gasteiger partial charge in [0.1, 0.15) is 5.52 Å². The number of carbonyl (C=O) groups is 1. The second-order valence-electron chi connectivity index (χ2n) is 4.17. The molecule has 0 aliphatic carbocycles. The molecule has 2 rings (SSSR count). The molecule has 0 aliphatic heterocycles. The summed E-state index contributed by atoms with van der Waals surface area (Å²) in [7, 11) is 0. The van der Waals surface area contributed by atoms with Crippen molar-refractivity contribution in [3.05, 3.63) is 24.1 Å². The van der Waals surface area contributed by atoms with Gasteiger partial charge in [0.2, 0.25) is 0 Å². The number of amides is 2. The highest BCUT2D eigenvalue weighted by atomic mass is 16.3. The minimum Gasteiger partial charge on any atom is -0.441 e. The number of fused-ring (bicyclic) bond motifs is 1. The number of nitrogens with zero attached hydrogens (tertiary/aromatic N) is 1. The Morgan fingerprint density at radius 2 is 2.18 bits per heavy atom. The molecule has 0 unspecified atom stereocenters. The number of aryl methyl sites for hydroxylation is 1. The lowest BCUT2D eigenvalue weighted by molar-refractivity contribution is 0.250. The quantitative estimate of drug-likeness (QED) is 0.838. The molecule has 0 bridgehead atoms. The zero-order valence-corrected chi connectivity index (χ0v) is 10.1. The molecule has 1 heterocycles. The summed E-state index contributed by atoms with van der Waals surface area (Å²) in [6.45, 7) is 5.60. The minimum atomic E-state index is -0.226. The number of oxazole rings is 1. The van der Waals surface area contributed by atoms with Crippen LogP contribution in [-0.2, 0) is 0 Å². The van der Waals surface area contributed by atoms with Gasteiger partial charge in [-0.05, 0) is 26.0 Å². The molecule has 1 aromatic carbocycles. The number of nitrogens with one attached hydrogen (secondary N) is 2. The van der Waals surface area contributed by atoms with Crippen LogP contribution >= 0.6 is 0 Å². The molecule has 2 N–H and O–H groups in total. The average molecular weight is 233 g/mol. The van der Waals surface area contributed by atoms with Crippen molar-refractivity contribution in [3.8, 4) is 0 Å². The number of benzene rings is 1. The number of hydrogen-bond donors (Lipinski definition) is 2. The van der Waals surface area contributed by atoms with Crippen LogP contribution in [0.25, 0.3) is 11.1 Å². The lowest BCUT2D eigenvalue weighted by atomic mass is 10.3. The fourth-order valence-corrected chi connectivity index (χ4v) is 1.55. The number of anilines is 1. The lowest BCUT2D eigenvalue weighted by Gasteiger charge is -2.09. The number of carbonyl (C=O) groups excluding carboxylic acids is 1. The first-order valence-corrected chi connectivity index (χ1v) is 5.49. The van der Waals surface area contributed by atoms with E-state index in [4.69, 9.17) is 4.42 Å². The first-order chi connectivity index (χ1) is 8.04. The van der Waals surface area contributed by atoms with Crippen LogP contribution in [0, 0.1) is 6.92 Å². The third-order valence-corrected chi connectivity index (χ3v) is 2.17. The normalized spacial score (nSPS) is 10.8. The lowest BCUT2D eigenvalue weighted by Crippen LogP contribution is -2.34. The predicted octanol–water partition coefficient (Wildman–Crippen LogP) is 2.67. The molecule has 0 fully saturated rings. The van der Waals surface area contributed by atoms with E-state index in [0.29, 0.717) is 17.2 Å². The fourth-order valence-electron chi connectivity index (χ4n) is 1.55. The maximum atomic E-state index is 11.5. The second-order valence-corrected chi connectivity index (χ2v) is 4.17. The molecule has 5 heteroatoms. The van der Waals surface area contributed by atoms with Crippen molar-refractivity contribution in [2.45, 2.75) is 26.8 Å². The zero-order chi connectivity index (χ0) is 12.4. The monoisotopic (exact) mass is 233 g/mol. The topological polar surface area (TPSA) is 67.2 Å². The number of hydrogen-bond acceptors (Lipinski definition) is 3. The molecule has 2 amide bonds. The van der Waals surface area contributed by atoms with Crippen molar-refractivity contribution in [1.29, 1.82) is 0 Å². The number of urea groups is 1. The van der Waals surface area contributed by atoms with Gasteiger partial charge in [0.15, 0.2) is 11.5 Å². The molecule has 0 saturated heterocycles. The van der Waals surface area contributed by atoms with Gasteiger partial charge in [-0.2, -0.15) is 0 Å². The van der Waals surface area contributed by atoms with Gasteiger partial charge in [0.25, 0.3) is 0 Å². The van der Waals surface area contributed by atoms with E-state index in [2.05, 4.69) is 15.6 Å². The first-order valence-electron chi connectivity index (χ1n) is 5.49. The molecular formula is C12H15N3O2. The van der Waals surface area contributed by atoms with Crippen LogP contribution in [0.5, 0.6) is 0 Å². The second kappa shape index (κ2) is 4.45. The summed E-state index contributed by atoms with van der Waals surface area (Å²) >= 11 is 0. The van der Waals surface area contributed by atoms with Crippen molar-refractivity contribution in [1.82, 2.24) is 10.3 Å². The highest BCUT2D eigenvalue weighted by molar-refractivity contribution is 5.91. The molecule has 0 saturated carbocycles. The Morgan fingerprint density at radius 3 is 2.88 bits per heavy atom. The van der Waals surface area contributed by atoms with Crippen molar-refractivity contribution >= 4 is 22.8 Å². The third kappa shape index (κ3) is 2.75. The van der Waals surface area contributed by atoms with E-state index in [1.54, 1.807) is 19.1 Å². The summed E-state index contributed by atoms with van der Waals surface area (Å²) < 4.78 is 5.39. The van der Waals surface area contributed by atoms with Crippen LogP contribution in [-0.4, -0.2) is 17.1 Å². The maximum absolute atomic E-state index is 11.5. The molecule has 90 valence electrons. The molecule has 0 aliphatic rings. The van der Waals surface area contributed by atoms with Gasteiger partial charge in [-0.1, -0.05) is 0 Å². The molecule has 1 aromatic heterocycles. The smallest absolute Gasteiger partial charge is 0.319 e. The average Bonchev–Trinajstić information content (AvgIpc) is 2.55. The Morgan fingerprint density at radius 1 is 1.41 bits per heavy atom. The van der Waals surface area contributed by atoms with Gasteiger partial charge in [-0.25, -0.2) is 9.78 Å². The molecule has 17 heavy (non-hydrogen) atoms. The van der Waals surface area contributed by atoms with Gasteiger partial charge in [0.05, 0.1) is 0 Å². The highest BCUT2D eigenvalue weighted by Crippen LogP contribution is 2.19. The summed E-state index contributed by atoms with van der Waals surface area (Å²) in [6, 6.07) is 5.25. The van der Waals surface area contributed by atoms with E-state index in [1.807, 2.05) is 19.9 Å². The van der Waals surface area contributed by atoms with Crippen molar-refractivity contribution in [3.63, 3.8) is 0 Å². The Kier molecular flexibility index (Phi) is 2.99. The van der Waals surface area contributed by atoms with Gasteiger partial charge in [-0.3, -0.25) is 0 Å². The zero-order valence-electron chi connectivity index (χ0n) is 10.1. The van der Waals surface area contributed by atoms with Crippen molar-refractivity contribution in [2.75, 3.05) is 5.32 Å². The number of rotatable bonds is 2. The van der Waals surface area contributed by atoms with Crippen LogP contribution in [0.2, 0.25) is 0 Å². The summed E-state index contributed by atoms with van der Waals surface area (Å²) in [5.41, 5.74) is 2.15. The van der Waals surface area contributed by atoms with Crippen molar-refractivity contribution in [2.24, 2.45) is 0 Å². The molecule has 2 aromatic rings. The third-order valence-electron chi connectivity index (χ3n) is 2.17. The van der Waals surface area contributed by atoms with Crippen LogP contribution in [0.3, 0.4) is 0 Å². The summed E-state index contributed by atoms with van der Waals surface area (Å²) in [5, 5.41) is 5.49. The van der Waals surface area contributed by atoms with Gasteiger partial charge in [-0.15, -0.1) is 0 Å². The Bertz CT molecular complexity index is 546. The largest absolute Gasteiger partial charge is 0.441 e. The first kappa shape index (κ1) is 11.4. The fraction of sp³-hybridized carbons (Fsp3) is 0.333. The SMILES string of the molecule is Cc1nc2ccc(NC(=O)NC(C)C)cc2o1. The van der Waals surface area contributed by atoms with E-state index in [1.165, 1.54) is 0 Å². The molecular weight excluding hydrogens is 218 g/mol. The highest BCUT2D eigenvalue weighted by Gasteiger charge is 2.06. The van der Waals surface area contributed by atoms with Crippen LogP contribution in [0.1, 0.15) is 19.7 Å². The van der Waals surface area contributed by atoms with Crippen molar-refractivity contribution < 1.29 is 9.21 Å². The van der Waals surface area contributed by atoms with Gasteiger partial charge in [0, 0.05) is 24.7 Å². The van der Waals surface area contributed by atoms with E-state index >= 15 is 0 Å². The maximum Gasteiger partial charge on any atom is 0.319 e. The molecule has 0 radical (unpaired) electrons. The molecule has 5 nitrogen and oxygen atoms in total. The Labute approximate surface area is 99.2 Å². The van der Waals surface area contributed by atoms with E-state index in [-0.39, 0.29) is 12.1 Å². The van der Waals surface area contributed by atoms with Crippen LogP contribution in [0.4, 0.5) is 10.5 Å². The Balaban J connectivity index is 2.16. The predicted molar refractivity (Wildman–Crippen MR) is 66.0 cm³/mol. The van der Waals surface area contributed by atoms with Gasteiger partial charge < -0.3 is 15.1 Å².